The lowest BCUT2D eigenvalue weighted by Crippen LogP contribution is -2.51. The molecule has 2 amide bonds. The summed E-state index contributed by atoms with van der Waals surface area (Å²) >= 11 is 0. The van der Waals surface area contributed by atoms with Crippen molar-refractivity contribution in [3.63, 3.8) is 0 Å². The summed E-state index contributed by atoms with van der Waals surface area (Å²) in [6, 6.07) is -0.210. The van der Waals surface area contributed by atoms with Crippen LogP contribution < -0.4 is 10.6 Å². The maximum Gasteiger partial charge on any atom is 0.315 e. The Kier molecular flexibility index (Phi) is 7.39. The van der Waals surface area contributed by atoms with Crippen LogP contribution in [0.3, 0.4) is 0 Å². The molecular formula is C13H26N2O3. The molecule has 0 bridgehead atoms. The number of rotatable bonds is 8. The van der Waals surface area contributed by atoms with Crippen LogP contribution in [0.1, 0.15) is 53.4 Å². The topological polar surface area (TPSA) is 78.4 Å². The minimum absolute atomic E-state index is 0.0625. The minimum atomic E-state index is -0.838. The second-order valence-corrected chi connectivity index (χ2v) is 4.88. The Morgan fingerprint density at radius 1 is 1.17 bits per heavy atom. The Bertz CT molecular complexity index is 267. The summed E-state index contributed by atoms with van der Waals surface area (Å²) in [7, 11) is 0. The Hall–Kier alpha value is -1.26. The largest absolute Gasteiger partial charge is 0.481 e. The predicted molar refractivity (Wildman–Crippen MR) is 71.6 cm³/mol. The predicted octanol–water partition coefficient (Wildman–Crippen LogP) is 2.37. The number of hydrogen-bond donors (Lipinski definition) is 3. The molecule has 18 heavy (non-hydrogen) atoms. The van der Waals surface area contributed by atoms with Crippen molar-refractivity contribution in [1.29, 1.82) is 0 Å². The molecule has 0 fully saturated rings. The number of amides is 2. The van der Waals surface area contributed by atoms with Gasteiger partial charge in [0.1, 0.15) is 0 Å². The van der Waals surface area contributed by atoms with Crippen LogP contribution >= 0.6 is 0 Å². The van der Waals surface area contributed by atoms with E-state index in [4.69, 9.17) is 5.11 Å². The summed E-state index contributed by atoms with van der Waals surface area (Å²) in [5.74, 6) is -0.901. The van der Waals surface area contributed by atoms with E-state index in [2.05, 4.69) is 31.4 Å². The fourth-order valence-electron chi connectivity index (χ4n) is 1.94. The molecule has 0 aromatic rings. The van der Waals surface area contributed by atoms with E-state index >= 15 is 0 Å². The molecule has 3 N–H and O–H groups in total. The van der Waals surface area contributed by atoms with Crippen LogP contribution in [-0.4, -0.2) is 29.2 Å². The van der Waals surface area contributed by atoms with Crippen LogP contribution in [0, 0.1) is 5.92 Å². The van der Waals surface area contributed by atoms with Gasteiger partial charge in [-0.05, 0) is 25.2 Å². The molecule has 0 rings (SSSR count). The Labute approximate surface area is 109 Å². The fourth-order valence-corrected chi connectivity index (χ4v) is 1.94. The van der Waals surface area contributed by atoms with E-state index in [9.17, 15) is 9.59 Å². The lowest BCUT2D eigenvalue weighted by molar-refractivity contribution is -0.137. The van der Waals surface area contributed by atoms with Crippen molar-refractivity contribution in [2.24, 2.45) is 5.92 Å². The minimum Gasteiger partial charge on any atom is -0.481 e. The third-order valence-corrected chi connectivity index (χ3v) is 3.54. The van der Waals surface area contributed by atoms with Crippen molar-refractivity contribution in [2.45, 2.75) is 58.9 Å². The molecule has 5 nitrogen and oxygen atoms in total. The molecule has 1 unspecified atom stereocenters. The molecule has 0 aliphatic rings. The van der Waals surface area contributed by atoms with Gasteiger partial charge in [-0.1, -0.05) is 27.7 Å². The highest BCUT2D eigenvalue weighted by Crippen LogP contribution is 2.18. The van der Waals surface area contributed by atoms with Crippen LogP contribution in [0.25, 0.3) is 0 Å². The Morgan fingerprint density at radius 2 is 1.67 bits per heavy atom. The third kappa shape index (κ3) is 5.89. The number of carboxylic acid groups (broad SMARTS) is 1. The van der Waals surface area contributed by atoms with Crippen LogP contribution in [0.5, 0.6) is 0 Å². The summed E-state index contributed by atoms with van der Waals surface area (Å²) in [6.07, 6.45) is 2.73. The highest BCUT2D eigenvalue weighted by molar-refractivity contribution is 5.75. The van der Waals surface area contributed by atoms with E-state index in [0.717, 1.165) is 19.3 Å². The van der Waals surface area contributed by atoms with Gasteiger partial charge in [0, 0.05) is 18.5 Å². The summed E-state index contributed by atoms with van der Waals surface area (Å²) in [5, 5.41) is 14.3. The third-order valence-electron chi connectivity index (χ3n) is 3.54. The molecule has 0 aliphatic heterocycles. The molecular weight excluding hydrogens is 232 g/mol. The van der Waals surface area contributed by atoms with Crippen molar-refractivity contribution >= 4 is 12.0 Å². The maximum absolute atomic E-state index is 11.8. The van der Waals surface area contributed by atoms with Crippen LogP contribution in [0.15, 0.2) is 0 Å². The first-order valence-corrected chi connectivity index (χ1v) is 6.66. The van der Waals surface area contributed by atoms with Gasteiger partial charge in [0.15, 0.2) is 0 Å². The highest BCUT2D eigenvalue weighted by Gasteiger charge is 2.25. The molecule has 0 aliphatic carbocycles. The van der Waals surface area contributed by atoms with Crippen LogP contribution in [-0.2, 0) is 4.79 Å². The Morgan fingerprint density at radius 3 is 2.06 bits per heavy atom. The average Bonchev–Trinajstić information content (AvgIpc) is 2.33. The zero-order chi connectivity index (χ0) is 14.2. The molecule has 1 atom stereocenters. The molecule has 0 radical (unpaired) electrons. The van der Waals surface area contributed by atoms with Gasteiger partial charge in [-0.2, -0.15) is 0 Å². The first kappa shape index (κ1) is 16.7. The van der Waals surface area contributed by atoms with Crippen molar-refractivity contribution < 1.29 is 14.7 Å². The first-order valence-electron chi connectivity index (χ1n) is 6.66. The van der Waals surface area contributed by atoms with E-state index in [1.807, 2.05) is 0 Å². The SMILES string of the molecule is CCC(CC)(CC)NC(=O)NCC(C)CC(=O)O. The fraction of sp³-hybridized carbons (Fsp3) is 0.846. The maximum atomic E-state index is 11.8. The molecule has 0 heterocycles. The number of carbonyl (C=O) groups excluding carboxylic acids is 1. The van der Waals surface area contributed by atoms with Crippen molar-refractivity contribution in [2.75, 3.05) is 6.54 Å². The molecule has 0 aromatic heterocycles. The van der Waals surface area contributed by atoms with E-state index in [1.165, 1.54) is 0 Å². The van der Waals surface area contributed by atoms with E-state index < -0.39 is 5.97 Å². The number of carbonyl (C=O) groups is 2. The second-order valence-electron chi connectivity index (χ2n) is 4.88. The Balaban J connectivity index is 4.14. The van der Waals surface area contributed by atoms with Crippen molar-refractivity contribution in [3.8, 4) is 0 Å². The van der Waals surface area contributed by atoms with Crippen LogP contribution in [0.4, 0.5) is 4.79 Å². The van der Waals surface area contributed by atoms with Gasteiger partial charge in [-0.3, -0.25) is 4.79 Å². The van der Waals surface area contributed by atoms with Gasteiger partial charge in [0.2, 0.25) is 0 Å². The van der Waals surface area contributed by atoms with E-state index in [0.29, 0.717) is 6.54 Å². The first-order chi connectivity index (χ1) is 8.39. The van der Waals surface area contributed by atoms with Gasteiger partial charge in [-0.25, -0.2) is 4.79 Å². The molecule has 106 valence electrons. The number of aliphatic carboxylic acids is 1. The van der Waals surface area contributed by atoms with Gasteiger partial charge in [0.25, 0.3) is 0 Å². The van der Waals surface area contributed by atoms with E-state index in [-0.39, 0.29) is 23.9 Å². The van der Waals surface area contributed by atoms with Gasteiger partial charge >= 0.3 is 12.0 Å². The van der Waals surface area contributed by atoms with Crippen molar-refractivity contribution in [3.05, 3.63) is 0 Å². The number of carboxylic acids is 1. The van der Waals surface area contributed by atoms with Crippen LogP contribution in [0.2, 0.25) is 0 Å². The monoisotopic (exact) mass is 258 g/mol. The molecule has 5 heteroatoms. The summed E-state index contributed by atoms with van der Waals surface area (Å²) in [5.41, 5.74) is -0.153. The zero-order valence-electron chi connectivity index (χ0n) is 11.9. The molecule has 0 spiro atoms. The molecule has 0 saturated carbocycles. The summed E-state index contributed by atoms with van der Waals surface area (Å²) in [6.45, 7) is 8.35. The average molecular weight is 258 g/mol. The lowest BCUT2D eigenvalue weighted by atomic mass is 9.90. The normalized spacial score (nSPS) is 12.9. The van der Waals surface area contributed by atoms with Crippen molar-refractivity contribution in [1.82, 2.24) is 10.6 Å². The standard InChI is InChI=1S/C13H26N2O3/c1-5-13(6-2,7-3)15-12(18)14-9-10(4)8-11(16)17/h10H,5-9H2,1-4H3,(H,16,17)(H2,14,15,18). The van der Waals surface area contributed by atoms with Gasteiger partial charge in [-0.15, -0.1) is 0 Å². The highest BCUT2D eigenvalue weighted by atomic mass is 16.4. The van der Waals surface area contributed by atoms with Gasteiger partial charge in [0.05, 0.1) is 0 Å². The molecule has 0 saturated heterocycles. The number of urea groups is 1. The zero-order valence-corrected chi connectivity index (χ0v) is 11.9. The van der Waals surface area contributed by atoms with Gasteiger partial charge < -0.3 is 15.7 Å². The number of nitrogens with one attached hydrogen (secondary N) is 2. The summed E-state index contributed by atoms with van der Waals surface area (Å²) < 4.78 is 0. The molecule has 0 aromatic carbocycles. The quantitative estimate of drug-likeness (QED) is 0.625. The summed E-state index contributed by atoms with van der Waals surface area (Å²) in [4.78, 5) is 22.2. The lowest BCUT2D eigenvalue weighted by Gasteiger charge is -2.32. The smallest absolute Gasteiger partial charge is 0.315 e. The van der Waals surface area contributed by atoms with E-state index in [1.54, 1.807) is 6.92 Å². The number of hydrogen-bond acceptors (Lipinski definition) is 2. The second kappa shape index (κ2) is 7.95.